The highest BCUT2D eigenvalue weighted by molar-refractivity contribution is 5.84. The molecule has 0 spiro atoms. The number of aliphatic carboxylic acids is 1. The molecule has 3 atom stereocenters. The van der Waals surface area contributed by atoms with E-state index in [1.165, 1.54) is 6.92 Å². The van der Waals surface area contributed by atoms with Crippen molar-refractivity contribution in [2.75, 3.05) is 6.61 Å². The summed E-state index contributed by atoms with van der Waals surface area (Å²) in [5.74, 6) is -2.53. The fraction of sp³-hybridized carbons (Fsp3) is 0.800. The number of rotatable bonds is 6. The summed E-state index contributed by atoms with van der Waals surface area (Å²) >= 11 is 0. The van der Waals surface area contributed by atoms with E-state index in [2.05, 4.69) is 5.32 Å². The lowest BCUT2D eigenvalue weighted by Gasteiger charge is -2.19. The first kappa shape index (κ1) is 13.9. The van der Waals surface area contributed by atoms with Gasteiger partial charge in [-0.05, 0) is 13.3 Å². The lowest BCUT2D eigenvalue weighted by molar-refractivity contribution is -0.146. The molecule has 0 bridgehead atoms. The van der Waals surface area contributed by atoms with Gasteiger partial charge in [0.25, 0.3) is 0 Å². The van der Waals surface area contributed by atoms with E-state index in [0.717, 1.165) is 0 Å². The van der Waals surface area contributed by atoms with Crippen LogP contribution in [0.3, 0.4) is 0 Å². The van der Waals surface area contributed by atoms with Crippen LogP contribution in [0.2, 0.25) is 0 Å². The molecule has 0 radical (unpaired) electrons. The van der Waals surface area contributed by atoms with Gasteiger partial charge in [-0.15, -0.1) is 0 Å². The average Bonchev–Trinajstić information content (AvgIpc) is 2.15. The van der Waals surface area contributed by atoms with Gasteiger partial charge in [0.15, 0.2) is 0 Å². The van der Waals surface area contributed by atoms with Gasteiger partial charge in [0.2, 0.25) is 5.91 Å². The number of hydrogen-bond donors (Lipinski definition) is 3. The van der Waals surface area contributed by atoms with Gasteiger partial charge in [-0.1, -0.05) is 13.8 Å². The number of amides is 1. The van der Waals surface area contributed by atoms with E-state index in [1.54, 1.807) is 13.8 Å². The van der Waals surface area contributed by atoms with Crippen LogP contribution in [0.25, 0.3) is 0 Å². The number of hydrogen-bond acceptors (Lipinski definition) is 3. The molecule has 0 rings (SSSR count). The average molecular weight is 217 g/mol. The molecular formula is C10H19NO4. The Morgan fingerprint density at radius 1 is 1.20 bits per heavy atom. The van der Waals surface area contributed by atoms with Crippen molar-refractivity contribution < 1.29 is 19.8 Å². The van der Waals surface area contributed by atoms with E-state index in [0.29, 0.717) is 6.42 Å². The molecule has 5 nitrogen and oxygen atoms in total. The van der Waals surface area contributed by atoms with Crippen molar-refractivity contribution in [1.29, 1.82) is 0 Å². The Hall–Kier alpha value is -1.10. The first-order chi connectivity index (χ1) is 6.90. The number of carboxylic acids is 1. The monoisotopic (exact) mass is 217 g/mol. The van der Waals surface area contributed by atoms with Crippen molar-refractivity contribution in [3.05, 3.63) is 0 Å². The van der Waals surface area contributed by atoms with Gasteiger partial charge < -0.3 is 15.5 Å². The zero-order chi connectivity index (χ0) is 12.0. The molecule has 0 aromatic rings. The normalized spacial score (nSPS) is 16.5. The van der Waals surface area contributed by atoms with Crippen LogP contribution >= 0.6 is 0 Å². The molecular weight excluding hydrogens is 198 g/mol. The summed E-state index contributed by atoms with van der Waals surface area (Å²) in [5, 5.41) is 20.0. The predicted molar refractivity (Wildman–Crippen MR) is 55.3 cm³/mol. The van der Waals surface area contributed by atoms with E-state index in [-0.39, 0.29) is 18.6 Å². The highest BCUT2D eigenvalue weighted by Crippen LogP contribution is 2.11. The third-order valence-corrected chi connectivity index (χ3v) is 2.50. The van der Waals surface area contributed by atoms with Gasteiger partial charge in [0, 0.05) is 18.6 Å². The Labute approximate surface area is 89.5 Å². The summed E-state index contributed by atoms with van der Waals surface area (Å²) in [4.78, 5) is 22.2. The number of carbonyl (C=O) groups excluding carboxylic acids is 1. The summed E-state index contributed by atoms with van der Waals surface area (Å²) in [6.45, 7) is 4.86. The fourth-order valence-corrected chi connectivity index (χ4v) is 1.08. The zero-order valence-electron chi connectivity index (χ0n) is 9.36. The second-order valence-electron chi connectivity index (χ2n) is 3.84. The Bertz CT molecular complexity index is 229. The van der Waals surface area contributed by atoms with E-state index >= 15 is 0 Å². The Morgan fingerprint density at radius 3 is 2.13 bits per heavy atom. The van der Waals surface area contributed by atoms with Gasteiger partial charge in [-0.3, -0.25) is 9.59 Å². The lowest BCUT2D eigenvalue weighted by Crippen LogP contribution is -2.40. The van der Waals surface area contributed by atoms with Gasteiger partial charge in [-0.25, -0.2) is 0 Å². The standard InChI is InChI=1S/C10H19NO4/c1-6(4-5-12)11-9(13)7(2)8(3)10(14)15/h6-8,12H,4-5H2,1-3H3,(H,11,13)(H,14,15). The Morgan fingerprint density at radius 2 is 1.73 bits per heavy atom. The quantitative estimate of drug-likeness (QED) is 0.594. The molecule has 0 aromatic carbocycles. The first-order valence-electron chi connectivity index (χ1n) is 5.04. The maximum atomic E-state index is 11.5. The molecule has 0 saturated heterocycles. The number of aliphatic hydroxyl groups excluding tert-OH is 1. The smallest absolute Gasteiger partial charge is 0.307 e. The minimum atomic E-state index is -0.979. The van der Waals surface area contributed by atoms with Crippen molar-refractivity contribution in [3.8, 4) is 0 Å². The van der Waals surface area contributed by atoms with Crippen LogP contribution in [0.4, 0.5) is 0 Å². The minimum absolute atomic E-state index is 0.00428. The topological polar surface area (TPSA) is 86.6 Å². The van der Waals surface area contributed by atoms with Gasteiger partial charge >= 0.3 is 5.97 Å². The third kappa shape index (κ3) is 4.78. The summed E-state index contributed by atoms with van der Waals surface area (Å²) in [6, 6.07) is -0.133. The van der Waals surface area contributed by atoms with Gasteiger partial charge in [0.1, 0.15) is 0 Å². The minimum Gasteiger partial charge on any atom is -0.481 e. The van der Waals surface area contributed by atoms with Crippen LogP contribution < -0.4 is 5.32 Å². The molecule has 0 aliphatic heterocycles. The summed E-state index contributed by atoms with van der Waals surface area (Å²) in [5.41, 5.74) is 0. The third-order valence-electron chi connectivity index (χ3n) is 2.50. The predicted octanol–water partition coefficient (Wildman–Crippen LogP) is 0.230. The van der Waals surface area contributed by atoms with E-state index < -0.39 is 17.8 Å². The van der Waals surface area contributed by atoms with E-state index in [1.807, 2.05) is 0 Å². The van der Waals surface area contributed by atoms with Crippen LogP contribution in [0.15, 0.2) is 0 Å². The van der Waals surface area contributed by atoms with Crippen LogP contribution in [0.1, 0.15) is 27.2 Å². The van der Waals surface area contributed by atoms with Crippen molar-refractivity contribution in [3.63, 3.8) is 0 Å². The molecule has 5 heteroatoms. The molecule has 0 aliphatic rings. The van der Waals surface area contributed by atoms with Crippen molar-refractivity contribution in [2.24, 2.45) is 11.8 Å². The largest absolute Gasteiger partial charge is 0.481 e. The van der Waals surface area contributed by atoms with Crippen LogP contribution in [-0.4, -0.2) is 34.7 Å². The van der Waals surface area contributed by atoms with Crippen molar-refractivity contribution in [1.82, 2.24) is 5.32 Å². The Balaban J connectivity index is 4.15. The number of aliphatic hydroxyl groups is 1. The van der Waals surface area contributed by atoms with E-state index in [4.69, 9.17) is 10.2 Å². The van der Waals surface area contributed by atoms with Crippen molar-refractivity contribution in [2.45, 2.75) is 33.2 Å². The highest BCUT2D eigenvalue weighted by atomic mass is 16.4. The Kier molecular flexibility index (Phi) is 5.93. The molecule has 0 aromatic heterocycles. The lowest BCUT2D eigenvalue weighted by atomic mass is 9.95. The molecule has 0 fully saturated rings. The zero-order valence-corrected chi connectivity index (χ0v) is 9.36. The number of carboxylic acid groups (broad SMARTS) is 1. The second-order valence-corrected chi connectivity index (χ2v) is 3.84. The SMILES string of the molecule is CC(CCO)NC(=O)C(C)C(C)C(=O)O. The highest BCUT2D eigenvalue weighted by Gasteiger charge is 2.26. The molecule has 1 amide bonds. The number of carbonyl (C=O) groups is 2. The second kappa shape index (κ2) is 6.40. The first-order valence-corrected chi connectivity index (χ1v) is 5.04. The molecule has 88 valence electrons. The van der Waals surface area contributed by atoms with Crippen LogP contribution in [-0.2, 0) is 9.59 Å². The van der Waals surface area contributed by atoms with Crippen LogP contribution in [0.5, 0.6) is 0 Å². The maximum absolute atomic E-state index is 11.5. The fourth-order valence-electron chi connectivity index (χ4n) is 1.08. The molecule has 0 saturated carbocycles. The van der Waals surface area contributed by atoms with Gasteiger partial charge in [-0.2, -0.15) is 0 Å². The van der Waals surface area contributed by atoms with Crippen molar-refractivity contribution >= 4 is 11.9 Å². The number of nitrogens with one attached hydrogen (secondary N) is 1. The molecule has 15 heavy (non-hydrogen) atoms. The summed E-state index contributed by atoms with van der Waals surface area (Å²) in [7, 11) is 0. The molecule has 0 aliphatic carbocycles. The van der Waals surface area contributed by atoms with Gasteiger partial charge in [0.05, 0.1) is 5.92 Å². The summed E-state index contributed by atoms with van der Waals surface area (Å²) in [6.07, 6.45) is 0.472. The maximum Gasteiger partial charge on any atom is 0.307 e. The molecule has 3 N–H and O–H groups in total. The van der Waals surface area contributed by atoms with Crippen LogP contribution in [0, 0.1) is 11.8 Å². The molecule has 0 heterocycles. The summed E-state index contributed by atoms with van der Waals surface area (Å²) < 4.78 is 0. The molecule has 3 unspecified atom stereocenters. The van der Waals surface area contributed by atoms with E-state index in [9.17, 15) is 9.59 Å².